The number of carbonyl (C=O) groups is 2. The quantitative estimate of drug-likeness (QED) is 0.946. The van der Waals surface area contributed by atoms with Crippen molar-refractivity contribution in [2.75, 3.05) is 18.0 Å². The van der Waals surface area contributed by atoms with Crippen molar-refractivity contribution in [3.8, 4) is 0 Å². The van der Waals surface area contributed by atoms with Gasteiger partial charge in [-0.2, -0.15) is 0 Å². The number of fused-ring (bicyclic) bond motifs is 1. The van der Waals surface area contributed by atoms with Crippen LogP contribution in [0.3, 0.4) is 0 Å². The number of para-hydroxylation sites is 1. The number of nitrogens with one attached hydrogen (secondary N) is 1. The molecule has 0 saturated heterocycles. The van der Waals surface area contributed by atoms with Crippen molar-refractivity contribution < 1.29 is 14.0 Å². The highest BCUT2D eigenvalue weighted by Gasteiger charge is 2.24. The van der Waals surface area contributed by atoms with Gasteiger partial charge in [0.25, 0.3) is 5.91 Å². The molecule has 0 spiro atoms. The lowest BCUT2D eigenvalue weighted by molar-refractivity contribution is -0.117. The van der Waals surface area contributed by atoms with E-state index in [-0.39, 0.29) is 24.2 Å². The molecule has 0 radical (unpaired) electrons. The highest BCUT2D eigenvalue weighted by Crippen LogP contribution is 2.27. The third-order valence-corrected chi connectivity index (χ3v) is 4.01. The lowest BCUT2D eigenvalue weighted by atomic mass is 10.1. The van der Waals surface area contributed by atoms with Crippen molar-refractivity contribution in [3.63, 3.8) is 0 Å². The Balaban J connectivity index is 1.63. The van der Waals surface area contributed by atoms with Crippen LogP contribution in [0.1, 0.15) is 21.5 Å². The van der Waals surface area contributed by atoms with Gasteiger partial charge < -0.3 is 10.2 Å². The van der Waals surface area contributed by atoms with Crippen molar-refractivity contribution in [3.05, 3.63) is 65.0 Å². The van der Waals surface area contributed by atoms with Crippen molar-refractivity contribution in [1.29, 1.82) is 0 Å². The number of benzene rings is 2. The Kier molecular flexibility index (Phi) is 4.10. The summed E-state index contributed by atoms with van der Waals surface area (Å²) in [6, 6.07) is 11.9. The third kappa shape index (κ3) is 3.08. The van der Waals surface area contributed by atoms with Crippen LogP contribution >= 0.6 is 0 Å². The van der Waals surface area contributed by atoms with E-state index in [0.29, 0.717) is 17.7 Å². The predicted molar refractivity (Wildman–Crippen MR) is 86.0 cm³/mol. The summed E-state index contributed by atoms with van der Waals surface area (Å²) >= 11 is 0. The van der Waals surface area contributed by atoms with Crippen LogP contribution in [0, 0.1) is 12.7 Å². The molecule has 0 saturated carbocycles. The van der Waals surface area contributed by atoms with Gasteiger partial charge in [0.05, 0.1) is 6.54 Å². The number of hydrogen-bond donors (Lipinski definition) is 1. The molecule has 3 rings (SSSR count). The molecule has 0 unspecified atom stereocenters. The number of rotatable bonds is 3. The van der Waals surface area contributed by atoms with E-state index in [4.69, 9.17) is 0 Å². The second kappa shape index (κ2) is 6.20. The zero-order chi connectivity index (χ0) is 16.4. The first kappa shape index (κ1) is 15.2. The van der Waals surface area contributed by atoms with E-state index in [1.54, 1.807) is 11.8 Å². The summed E-state index contributed by atoms with van der Waals surface area (Å²) in [6.45, 7) is 2.14. The van der Waals surface area contributed by atoms with E-state index in [1.165, 1.54) is 18.2 Å². The Morgan fingerprint density at radius 1 is 1.22 bits per heavy atom. The molecule has 5 heteroatoms. The summed E-state index contributed by atoms with van der Waals surface area (Å²) < 4.78 is 13.2. The summed E-state index contributed by atoms with van der Waals surface area (Å²) in [4.78, 5) is 26.1. The first-order valence-corrected chi connectivity index (χ1v) is 7.49. The molecule has 0 bridgehead atoms. The van der Waals surface area contributed by atoms with Crippen LogP contribution in [0.2, 0.25) is 0 Å². The molecule has 1 N–H and O–H groups in total. The number of halogens is 1. The molecule has 23 heavy (non-hydrogen) atoms. The Labute approximate surface area is 133 Å². The van der Waals surface area contributed by atoms with Gasteiger partial charge in [0.1, 0.15) is 5.82 Å². The van der Waals surface area contributed by atoms with Crippen LogP contribution in [0.4, 0.5) is 10.1 Å². The number of carbonyl (C=O) groups excluding carboxylic acids is 2. The van der Waals surface area contributed by atoms with E-state index in [1.807, 2.05) is 24.3 Å². The van der Waals surface area contributed by atoms with Crippen LogP contribution in [0.25, 0.3) is 0 Å². The van der Waals surface area contributed by atoms with E-state index in [2.05, 4.69) is 5.32 Å². The van der Waals surface area contributed by atoms with Crippen molar-refractivity contribution >= 4 is 17.5 Å². The van der Waals surface area contributed by atoms with Crippen molar-refractivity contribution in [1.82, 2.24) is 5.32 Å². The zero-order valence-corrected chi connectivity index (χ0v) is 12.8. The fourth-order valence-corrected chi connectivity index (χ4v) is 2.74. The maximum Gasteiger partial charge on any atom is 0.251 e. The summed E-state index contributed by atoms with van der Waals surface area (Å²) in [5, 5.41) is 2.60. The molecule has 2 aromatic carbocycles. The van der Waals surface area contributed by atoms with Gasteiger partial charge in [0, 0.05) is 17.8 Å². The highest BCUT2D eigenvalue weighted by atomic mass is 19.1. The molecular weight excluding hydrogens is 295 g/mol. The van der Waals surface area contributed by atoms with E-state index < -0.39 is 0 Å². The van der Waals surface area contributed by atoms with Gasteiger partial charge in [-0.15, -0.1) is 0 Å². The second-order valence-electron chi connectivity index (χ2n) is 5.57. The maximum atomic E-state index is 13.2. The summed E-state index contributed by atoms with van der Waals surface area (Å²) in [7, 11) is 0. The molecule has 0 aromatic heterocycles. The Morgan fingerprint density at radius 3 is 2.78 bits per heavy atom. The van der Waals surface area contributed by atoms with Crippen molar-refractivity contribution in [2.24, 2.45) is 0 Å². The number of nitrogens with zero attached hydrogens (tertiary/aromatic N) is 1. The molecule has 0 aliphatic carbocycles. The van der Waals surface area contributed by atoms with E-state index in [0.717, 1.165) is 17.7 Å². The van der Waals surface area contributed by atoms with Crippen LogP contribution in [-0.2, 0) is 11.2 Å². The standard InChI is InChI=1S/C18H17FN2O2/c1-12-10-14(6-7-15(12)19)18(23)20-11-17(22)21-9-8-13-4-2-3-5-16(13)21/h2-7,10H,8-9,11H2,1H3,(H,20,23). The van der Waals surface area contributed by atoms with E-state index in [9.17, 15) is 14.0 Å². The van der Waals surface area contributed by atoms with Crippen LogP contribution in [-0.4, -0.2) is 24.9 Å². The summed E-state index contributed by atoms with van der Waals surface area (Å²) in [5.41, 5.74) is 2.79. The molecule has 0 fully saturated rings. The smallest absolute Gasteiger partial charge is 0.251 e. The number of aryl methyl sites for hydroxylation is 1. The topological polar surface area (TPSA) is 49.4 Å². The monoisotopic (exact) mass is 312 g/mol. The Hall–Kier alpha value is -2.69. The highest BCUT2D eigenvalue weighted by molar-refractivity contribution is 6.01. The SMILES string of the molecule is Cc1cc(C(=O)NCC(=O)N2CCc3ccccc32)ccc1F. The van der Waals surface area contributed by atoms with Gasteiger partial charge in [0.15, 0.2) is 0 Å². The largest absolute Gasteiger partial charge is 0.343 e. The van der Waals surface area contributed by atoms with Gasteiger partial charge in [-0.25, -0.2) is 4.39 Å². The second-order valence-corrected chi connectivity index (χ2v) is 5.57. The summed E-state index contributed by atoms with van der Waals surface area (Å²) in [5.74, 6) is -0.887. The van der Waals surface area contributed by atoms with Crippen LogP contribution < -0.4 is 10.2 Å². The number of amides is 2. The third-order valence-electron chi connectivity index (χ3n) is 4.01. The lowest BCUT2D eigenvalue weighted by Crippen LogP contribution is -2.39. The van der Waals surface area contributed by atoms with Gasteiger partial charge >= 0.3 is 0 Å². The Bertz CT molecular complexity index is 773. The maximum absolute atomic E-state index is 13.2. The molecule has 118 valence electrons. The molecule has 1 heterocycles. The van der Waals surface area contributed by atoms with Crippen LogP contribution in [0.5, 0.6) is 0 Å². The van der Waals surface area contributed by atoms with Gasteiger partial charge in [-0.1, -0.05) is 18.2 Å². The first-order chi connectivity index (χ1) is 11.1. The number of hydrogen-bond acceptors (Lipinski definition) is 2. The minimum absolute atomic E-state index is 0.0798. The fourth-order valence-electron chi connectivity index (χ4n) is 2.74. The van der Waals surface area contributed by atoms with Crippen molar-refractivity contribution in [2.45, 2.75) is 13.3 Å². The van der Waals surface area contributed by atoms with Crippen LogP contribution in [0.15, 0.2) is 42.5 Å². The van der Waals surface area contributed by atoms with Gasteiger partial charge in [-0.3, -0.25) is 9.59 Å². The zero-order valence-electron chi connectivity index (χ0n) is 12.8. The normalized spacial score (nSPS) is 12.9. The minimum Gasteiger partial charge on any atom is -0.343 e. The Morgan fingerprint density at radius 2 is 2.00 bits per heavy atom. The minimum atomic E-state index is -0.381. The molecular formula is C18H17FN2O2. The lowest BCUT2D eigenvalue weighted by Gasteiger charge is -2.17. The van der Waals surface area contributed by atoms with E-state index >= 15 is 0 Å². The molecule has 1 aliphatic rings. The average molecular weight is 312 g/mol. The predicted octanol–water partition coefficient (Wildman–Crippen LogP) is 2.45. The fraction of sp³-hybridized carbons (Fsp3) is 0.222. The molecule has 0 atom stereocenters. The number of anilines is 1. The first-order valence-electron chi connectivity index (χ1n) is 7.49. The molecule has 2 aromatic rings. The molecule has 4 nitrogen and oxygen atoms in total. The molecule has 1 aliphatic heterocycles. The van der Waals surface area contributed by atoms with Gasteiger partial charge in [-0.05, 0) is 48.7 Å². The summed E-state index contributed by atoms with van der Waals surface area (Å²) in [6.07, 6.45) is 0.826. The average Bonchev–Trinajstić information content (AvgIpc) is 2.99. The van der Waals surface area contributed by atoms with Gasteiger partial charge in [0.2, 0.25) is 5.91 Å². The molecule has 2 amide bonds.